The molecule has 4 N–H and O–H groups in total. The first kappa shape index (κ1) is 17.0. The number of aliphatic carboxylic acids is 1. The number of rotatable bonds is 8. The molecular weight excluding hydrogens is 256 g/mol. The van der Waals surface area contributed by atoms with Crippen LogP contribution in [-0.4, -0.2) is 30.1 Å². The Kier molecular flexibility index (Phi) is 6.99. The number of carboxylic acid groups (broad SMARTS) is 1. The van der Waals surface area contributed by atoms with Crippen molar-refractivity contribution in [1.82, 2.24) is 5.32 Å². The van der Waals surface area contributed by atoms with Crippen LogP contribution in [0.15, 0.2) is 0 Å². The number of carboxylic acids is 1. The van der Waals surface area contributed by atoms with Gasteiger partial charge in [-0.3, -0.25) is 9.59 Å². The maximum Gasteiger partial charge on any atom is 0.303 e. The summed E-state index contributed by atoms with van der Waals surface area (Å²) < 4.78 is 0. The minimum absolute atomic E-state index is 0.0881. The average molecular weight is 284 g/mol. The zero-order valence-electron chi connectivity index (χ0n) is 12.5. The molecule has 1 fully saturated rings. The molecule has 0 aromatic heterocycles. The molecule has 5 nitrogen and oxygen atoms in total. The van der Waals surface area contributed by atoms with Crippen LogP contribution in [-0.2, 0) is 9.59 Å². The second-order valence-corrected chi connectivity index (χ2v) is 6.13. The number of hydrogen-bond acceptors (Lipinski definition) is 3. The SMILES string of the molecule is CC(CCNC(=O)C1(CN)CCCCC1)CCC(=O)O. The highest BCUT2D eigenvalue weighted by molar-refractivity contribution is 5.83. The number of nitrogens with one attached hydrogen (secondary N) is 1. The van der Waals surface area contributed by atoms with E-state index in [0.717, 1.165) is 32.1 Å². The van der Waals surface area contributed by atoms with Gasteiger partial charge in [0.1, 0.15) is 0 Å². The molecule has 1 saturated carbocycles. The molecule has 1 amide bonds. The lowest BCUT2D eigenvalue weighted by Crippen LogP contribution is -2.47. The lowest BCUT2D eigenvalue weighted by atomic mass is 9.73. The predicted octanol–water partition coefficient (Wildman–Crippen LogP) is 1.90. The van der Waals surface area contributed by atoms with Gasteiger partial charge in [-0.05, 0) is 31.6 Å². The first-order valence-corrected chi connectivity index (χ1v) is 7.70. The molecule has 0 radical (unpaired) electrons. The fourth-order valence-corrected chi connectivity index (χ4v) is 2.89. The maximum absolute atomic E-state index is 12.3. The van der Waals surface area contributed by atoms with E-state index in [1.165, 1.54) is 6.42 Å². The third kappa shape index (κ3) is 5.12. The quantitative estimate of drug-likeness (QED) is 0.634. The predicted molar refractivity (Wildman–Crippen MR) is 78.2 cm³/mol. The highest BCUT2D eigenvalue weighted by Crippen LogP contribution is 2.35. The van der Waals surface area contributed by atoms with E-state index >= 15 is 0 Å². The molecule has 1 atom stereocenters. The largest absolute Gasteiger partial charge is 0.481 e. The molecule has 0 aliphatic heterocycles. The molecule has 1 aliphatic carbocycles. The first-order valence-electron chi connectivity index (χ1n) is 7.70. The molecule has 0 heterocycles. The molecular formula is C15H28N2O3. The zero-order valence-corrected chi connectivity index (χ0v) is 12.5. The standard InChI is InChI=1S/C15H28N2O3/c1-12(5-6-13(18)19)7-10-17-14(20)15(11-16)8-3-2-4-9-15/h12H,2-11,16H2,1H3,(H,17,20)(H,18,19). The van der Waals surface area contributed by atoms with Crippen LogP contribution in [0.2, 0.25) is 0 Å². The molecule has 0 saturated heterocycles. The molecule has 116 valence electrons. The minimum Gasteiger partial charge on any atom is -0.481 e. The number of hydrogen-bond donors (Lipinski definition) is 3. The fourth-order valence-electron chi connectivity index (χ4n) is 2.89. The Hall–Kier alpha value is -1.10. The van der Waals surface area contributed by atoms with Crippen molar-refractivity contribution in [2.24, 2.45) is 17.1 Å². The lowest BCUT2D eigenvalue weighted by Gasteiger charge is -2.34. The Morgan fingerprint density at radius 1 is 1.25 bits per heavy atom. The molecule has 20 heavy (non-hydrogen) atoms. The molecule has 0 aromatic carbocycles. The Morgan fingerprint density at radius 2 is 1.90 bits per heavy atom. The van der Waals surface area contributed by atoms with Gasteiger partial charge >= 0.3 is 5.97 Å². The Labute approximate surface area is 121 Å². The second-order valence-electron chi connectivity index (χ2n) is 6.13. The van der Waals surface area contributed by atoms with E-state index < -0.39 is 5.97 Å². The summed E-state index contributed by atoms with van der Waals surface area (Å²) in [5.41, 5.74) is 5.47. The summed E-state index contributed by atoms with van der Waals surface area (Å²) in [6.07, 6.45) is 6.82. The van der Waals surface area contributed by atoms with Gasteiger partial charge < -0.3 is 16.2 Å². The van der Waals surface area contributed by atoms with Gasteiger partial charge in [-0.2, -0.15) is 0 Å². The summed E-state index contributed by atoms with van der Waals surface area (Å²) >= 11 is 0. The van der Waals surface area contributed by atoms with Gasteiger partial charge in [0.25, 0.3) is 0 Å². The van der Waals surface area contributed by atoms with Gasteiger partial charge in [0.2, 0.25) is 5.91 Å². The van der Waals surface area contributed by atoms with Gasteiger partial charge in [0, 0.05) is 19.5 Å². The van der Waals surface area contributed by atoms with E-state index in [0.29, 0.717) is 25.4 Å². The zero-order chi connectivity index (χ0) is 15.0. The molecule has 0 spiro atoms. The third-order valence-corrected chi connectivity index (χ3v) is 4.46. The van der Waals surface area contributed by atoms with Crippen molar-refractivity contribution < 1.29 is 14.7 Å². The van der Waals surface area contributed by atoms with Gasteiger partial charge in [-0.15, -0.1) is 0 Å². The molecule has 1 aliphatic rings. The summed E-state index contributed by atoms with van der Waals surface area (Å²) in [6, 6.07) is 0. The Morgan fingerprint density at radius 3 is 2.45 bits per heavy atom. The van der Waals surface area contributed by atoms with E-state index in [-0.39, 0.29) is 17.7 Å². The second kappa shape index (κ2) is 8.25. The van der Waals surface area contributed by atoms with Crippen molar-refractivity contribution in [1.29, 1.82) is 0 Å². The highest BCUT2D eigenvalue weighted by atomic mass is 16.4. The topological polar surface area (TPSA) is 92.4 Å². The Balaban J connectivity index is 2.29. The van der Waals surface area contributed by atoms with E-state index in [1.54, 1.807) is 0 Å². The van der Waals surface area contributed by atoms with Crippen molar-refractivity contribution in [2.75, 3.05) is 13.1 Å². The van der Waals surface area contributed by atoms with Crippen LogP contribution in [0.25, 0.3) is 0 Å². The summed E-state index contributed by atoms with van der Waals surface area (Å²) in [4.78, 5) is 22.8. The number of amides is 1. The molecule has 5 heteroatoms. The normalized spacial score (nSPS) is 19.3. The van der Waals surface area contributed by atoms with Gasteiger partial charge in [-0.25, -0.2) is 0 Å². The van der Waals surface area contributed by atoms with E-state index in [2.05, 4.69) is 5.32 Å². The van der Waals surface area contributed by atoms with E-state index in [9.17, 15) is 9.59 Å². The van der Waals surface area contributed by atoms with Crippen LogP contribution in [0.4, 0.5) is 0 Å². The smallest absolute Gasteiger partial charge is 0.303 e. The summed E-state index contributed by atoms with van der Waals surface area (Å²) in [5, 5.41) is 11.6. The van der Waals surface area contributed by atoms with Crippen molar-refractivity contribution in [3.63, 3.8) is 0 Å². The molecule has 1 unspecified atom stereocenters. The van der Waals surface area contributed by atoms with Crippen LogP contribution in [0.3, 0.4) is 0 Å². The van der Waals surface area contributed by atoms with Crippen LogP contribution in [0.1, 0.15) is 58.3 Å². The van der Waals surface area contributed by atoms with Crippen LogP contribution in [0, 0.1) is 11.3 Å². The molecule has 1 rings (SSSR count). The van der Waals surface area contributed by atoms with E-state index in [1.807, 2.05) is 6.92 Å². The first-order chi connectivity index (χ1) is 9.50. The number of carbonyl (C=O) groups is 2. The van der Waals surface area contributed by atoms with Crippen LogP contribution in [0.5, 0.6) is 0 Å². The molecule has 0 bridgehead atoms. The fraction of sp³-hybridized carbons (Fsp3) is 0.867. The van der Waals surface area contributed by atoms with Gasteiger partial charge in [0.05, 0.1) is 5.41 Å². The summed E-state index contributed by atoms with van der Waals surface area (Å²) in [6.45, 7) is 3.06. The van der Waals surface area contributed by atoms with Crippen molar-refractivity contribution in [2.45, 2.75) is 58.3 Å². The van der Waals surface area contributed by atoms with Crippen molar-refractivity contribution >= 4 is 11.9 Å². The third-order valence-electron chi connectivity index (χ3n) is 4.46. The number of carbonyl (C=O) groups excluding carboxylic acids is 1. The minimum atomic E-state index is -0.759. The summed E-state index contributed by atoms with van der Waals surface area (Å²) in [7, 11) is 0. The van der Waals surface area contributed by atoms with E-state index in [4.69, 9.17) is 10.8 Å². The monoisotopic (exact) mass is 284 g/mol. The van der Waals surface area contributed by atoms with Crippen molar-refractivity contribution in [3.05, 3.63) is 0 Å². The highest BCUT2D eigenvalue weighted by Gasteiger charge is 2.37. The Bertz CT molecular complexity index is 325. The van der Waals surface area contributed by atoms with Crippen LogP contribution < -0.4 is 11.1 Å². The van der Waals surface area contributed by atoms with Crippen LogP contribution >= 0.6 is 0 Å². The maximum atomic E-state index is 12.3. The van der Waals surface area contributed by atoms with Gasteiger partial charge in [-0.1, -0.05) is 26.2 Å². The van der Waals surface area contributed by atoms with Crippen molar-refractivity contribution in [3.8, 4) is 0 Å². The lowest BCUT2D eigenvalue weighted by molar-refractivity contribution is -0.137. The summed E-state index contributed by atoms with van der Waals surface area (Å²) in [5.74, 6) is -0.359. The average Bonchev–Trinajstić information content (AvgIpc) is 2.45. The van der Waals surface area contributed by atoms with Gasteiger partial charge in [0.15, 0.2) is 0 Å². The molecule has 0 aromatic rings. The number of nitrogens with two attached hydrogens (primary N) is 1.